The van der Waals surface area contributed by atoms with Crippen molar-refractivity contribution >= 4 is 27.5 Å². The third-order valence-corrected chi connectivity index (χ3v) is 7.81. The number of hydrogen-bond acceptors (Lipinski definition) is 4. The summed E-state index contributed by atoms with van der Waals surface area (Å²) < 4.78 is 26.9. The third kappa shape index (κ3) is 4.80. The molecule has 1 saturated heterocycles. The first-order valence-corrected chi connectivity index (χ1v) is 12.1. The number of fused-ring (bicyclic) bond motifs is 1. The maximum atomic E-state index is 12.7. The zero-order valence-corrected chi connectivity index (χ0v) is 18.4. The van der Waals surface area contributed by atoms with Crippen LogP contribution < -0.4 is 10.2 Å². The van der Waals surface area contributed by atoms with Crippen molar-refractivity contribution in [1.82, 2.24) is 9.62 Å². The Hall–Kier alpha value is -2.71. The molecule has 0 bridgehead atoms. The molecule has 0 aromatic heterocycles. The van der Waals surface area contributed by atoms with Crippen LogP contribution in [0.2, 0.25) is 0 Å². The van der Waals surface area contributed by atoms with Crippen LogP contribution in [0, 0.1) is 12.8 Å². The fraction of sp³-hybridized carbons (Fsp3) is 0.391. The fourth-order valence-corrected chi connectivity index (χ4v) is 5.46. The van der Waals surface area contributed by atoms with E-state index < -0.39 is 15.9 Å². The molecule has 4 rings (SSSR count). The van der Waals surface area contributed by atoms with Gasteiger partial charge in [-0.25, -0.2) is 8.42 Å². The minimum absolute atomic E-state index is 0.0362. The molecule has 0 spiro atoms. The van der Waals surface area contributed by atoms with Crippen LogP contribution >= 0.6 is 0 Å². The van der Waals surface area contributed by atoms with Crippen molar-refractivity contribution in [3.05, 3.63) is 65.2 Å². The highest BCUT2D eigenvalue weighted by Gasteiger charge is 2.35. The summed E-state index contributed by atoms with van der Waals surface area (Å²) in [5.41, 5.74) is 4.09. The van der Waals surface area contributed by atoms with Gasteiger partial charge in [0.05, 0.1) is 11.7 Å². The molecule has 2 aromatic rings. The van der Waals surface area contributed by atoms with Gasteiger partial charge in [0.25, 0.3) is 0 Å². The highest BCUT2D eigenvalue weighted by molar-refractivity contribution is 7.89. The lowest BCUT2D eigenvalue weighted by molar-refractivity contribution is -0.126. The van der Waals surface area contributed by atoms with Gasteiger partial charge in [0.1, 0.15) is 0 Å². The minimum Gasteiger partial charge on any atom is -0.355 e. The molecule has 1 fully saturated rings. The van der Waals surface area contributed by atoms with Gasteiger partial charge in [0, 0.05) is 38.3 Å². The topological polar surface area (TPSA) is 86.8 Å². The van der Waals surface area contributed by atoms with Crippen LogP contribution in [0.1, 0.15) is 23.1 Å². The van der Waals surface area contributed by atoms with Crippen LogP contribution in [-0.4, -0.2) is 49.9 Å². The molecule has 2 aliphatic rings. The Bertz CT molecular complexity index is 1080. The molecule has 0 unspecified atom stereocenters. The normalized spacial score (nSPS) is 19.3. The quantitative estimate of drug-likeness (QED) is 0.741. The van der Waals surface area contributed by atoms with Crippen molar-refractivity contribution in [2.24, 2.45) is 5.92 Å². The first-order chi connectivity index (χ1) is 14.8. The molecular weight excluding hydrogens is 414 g/mol. The second-order valence-electron chi connectivity index (χ2n) is 8.20. The van der Waals surface area contributed by atoms with Crippen molar-refractivity contribution < 1.29 is 18.0 Å². The Morgan fingerprint density at radius 3 is 2.55 bits per heavy atom. The number of anilines is 1. The number of benzene rings is 2. The number of aryl methyl sites for hydroxylation is 1. The Morgan fingerprint density at radius 1 is 1.10 bits per heavy atom. The highest BCUT2D eigenvalue weighted by atomic mass is 32.2. The largest absolute Gasteiger partial charge is 0.355 e. The van der Waals surface area contributed by atoms with E-state index in [0.29, 0.717) is 26.1 Å². The number of amides is 2. The van der Waals surface area contributed by atoms with E-state index >= 15 is 0 Å². The molecule has 2 heterocycles. The van der Waals surface area contributed by atoms with Crippen LogP contribution in [0.4, 0.5) is 5.69 Å². The summed E-state index contributed by atoms with van der Waals surface area (Å²) in [6.45, 7) is 3.14. The SMILES string of the molecule is Cc1ccc(N2C[C@@H](C(=O)NCCS(=O)(=O)N3CCc4ccccc4C3)CC2=O)cc1. The van der Waals surface area contributed by atoms with E-state index in [0.717, 1.165) is 16.8 Å². The Balaban J connectivity index is 1.29. The number of carbonyl (C=O) groups excluding carboxylic acids is 2. The van der Waals surface area contributed by atoms with Gasteiger partial charge in [-0.3, -0.25) is 9.59 Å². The second kappa shape index (κ2) is 8.80. The summed E-state index contributed by atoms with van der Waals surface area (Å²) in [6.07, 6.45) is 0.830. The highest BCUT2D eigenvalue weighted by Crippen LogP contribution is 2.25. The van der Waals surface area contributed by atoms with Crippen molar-refractivity contribution in [1.29, 1.82) is 0 Å². The molecule has 7 nitrogen and oxygen atoms in total. The molecular formula is C23H27N3O4S. The van der Waals surface area contributed by atoms with Crippen molar-refractivity contribution in [3.63, 3.8) is 0 Å². The lowest BCUT2D eigenvalue weighted by Gasteiger charge is -2.28. The average Bonchev–Trinajstić information content (AvgIpc) is 3.15. The summed E-state index contributed by atoms with van der Waals surface area (Å²) in [7, 11) is -3.47. The zero-order chi connectivity index (χ0) is 22.0. The zero-order valence-electron chi connectivity index (χ0n) is 17.6. The maximum absolute atomic E-state index is 12.7. The van der Waals surface area contributed by atoms with Crippen LogP contribution in [0.15, 0.2) is 48.5 Å². The smallest absolute Gasteiger partial charge is 0.227 e. The van der Waals surface area contributed by atoms with E-state index in [1.54, 1.807) is 4.90 Å². The molecule has 0 aliphatic carbocycles. The number of nitrogens with one attached hydrogen (secondary N) is 1. The Kier molecular flexibility index (Phi) is 6.11. The summed E-state index contributed by atoms with van der Waals surface area (Å²) in [5.74, 6) is -0.993. The molecule has 0 saturated carbocycles. The number of sulfonamides is 1. The Labute approximate surface area is 183 Å². The van der Waals surface area contributed by atoms with E-state index in [-0.39, 0.29) is 30.5 Å². The van der Waals surface area contributed by atoms with Gasteiger partial charge in [-0.15, -0.1) is 0 Å². The van der Waals surface area contributed by atoms with Gasteiger partial charge in [-0.2, -0.15) is 4.31 Å². The van der Waals surface area contributed by atoms with Crippen molar-refractivity contribution in [3.8, 4) is 0 Å². The molecule has 2 aliphatic heterocycles. The van der Waals surface area contributed by atoms with Gasteiger partial charge >= 0.3 is 0 Å². The van der Waals surface area contributed by atoms with Gasteiger partial charge in [-0.05, 0) is 36.6 Å². The molecule has 8 heteroatoms. The van der Waals surface area contributed by atoms with Crippen molar-refractivity contribution in [2.45, 2.75) is 26.3 Å². The predicted octanol–water partition coefficient (Wildman–Crippen LogP) is 1.85. The van der Waals surface area contributed by atoms with Crippen LogP contribution in [0.25, 0.3) is 0 Å². The molecule has 2 aromatic carbocycles. The predicted molar refractivity (Wildman–Crippen MR) is 119 cm³/mol. The van der Waals surface area contributed by atoms with Gasteiger partial charge < -0.3 is 10.2 Å². The number of rotatable bonds is 6. The Morgan fingerprint density at radius 2 is 1.81 bits per heavy atom. The van der Waals surface area contributed by atoms with E-state index in [1.807, 2.05) is 55.5 Å². The lowest BCUT2D eigenvalue weighted by atomic mass is 10.0. The van der Waals surface area contributed by atoms with Crippen LogP contribution in [0.5, 0.6) is 0 Å². The molecule has 0 radical (unpaired) electrons. The lowest BCUT2D eigenvalue weighted by Crippen LogP contribution is -2.41. The molecule has 31 heavy (non-hydrogen) atoms. The third-order valence-electron chi connectivity index (χ3n) is 5.99. The summed E-state index contributed by atoms with van der Waals surface area (Å²) in [4.78, 5) is 26.5. The first kappa shape index (κ1) is 21.5. The molecule has 2 amide bonds. The van der Waals surface area contributed by atoms with E-state index in [9.17, 15) is 18.0 Å². The first-order valence-electron chi connectivity index (χ1n) is 10.5. The number of hydrogen-bond donors (Lipinski definition) is 1. The summed E-state index contributed by atoms with van der Waals surface area (Å²) >= 11 is 0. The van der Waals surface area contributed by atoms with Gasteiger partial charge in [-0.1, -0.05) is 42.0 Å². The second-order valence-corrected chi connectivity index (χ2v) is 10.3. The maximum Gasteiger partial charge on any atom is 0.227 e. The standard InChI is InChI=1S/C23H27N3O4S/c1-17-6-8-21(9-7-17)26-16-20(14-22(26)27)23(28)24-11-13-31(29,30)25-12-10-18-4-2-3-5-19(18)15-25/h2-9,20H,10-16H2,1H3,(H,24,28)/t20-/m0/s1. The summed E-state index contributed by atoms with van der Waals surface area (Å²) in [5, 5.41) is 2.72. The molecule has 1 N–H and O–H groups in total. The van der Waals surface area contributed by atoms with Crippen molar-refractivity contribution in [2.75, 3.05) is 30.3 Å². The van der Waals surface area contributed by atoms with E-state index in [1.165, 1.54) is 9.87 Å². The number of nitrogens with zero attached hydrogens (tertiary/aromatic N) is 2. The van der Waals surface area contributed by atoms with E-state index in [4.69, 9.17) is 0 Å². The van der Waals surface area contributed by atoms with Gasteiger partial charge in [0.15, 0.2) is 0 Å². The minimum atomic E-state index is -3.47. The number of carbonyl (C=O) groups is 2. The van der Waals surface area contributed by atoms with Crippen LogP contribution in [0.3, 0.4) is 0 Å². The van der Waals surface area contributed by atoms with Gasteiger partial charge in [0.2, 0.25) is 21.8 Å². The monoisotopic (exact) mass is 441 g/mol. The fourth-order valence-electron chi connectivity index (χ4n) is 4.14. The molecule has 1 atom stereocenters. The average molecular weight is 442 g/mol. The van der Waals surface area contributed by atoms with Crippen LogP contribution in [-0.2, 0) is 32.6 Å². The van der Waals surface area contributed by atoms with E-state index in [2.05, 4.69) is 5.32 Å². The summed E-state index contributed by atoms with van der Waals surface area (Å²) in [6, 6.07) is 15.5. The molecule has 164 valence electrons.